The smallest absolute Gasteiger partial charge is 0.294 e. The van der Waals surface area contributed by atoms with Gasteiger partial charge in [-0.1, -0.05) is 0 Å². The van der Waals surface area contributed by atoms with Gasteiger partial charge < -0.3 is 9.73 Å². The van der Waals surface area contributed by atoms with Crippen LogP contribution >= 0.6 is 0 Å². The minimum Gasteiger partial charge on any atom is -0.432 e. The van der Waals surface area contributed by atoms with Gasteiger partial charge in [-0.2, -0.15) is 4.98 Å². The summed E-state index contributed by atoms with van der Waals surface area (Å²) in [6.07, 6.45) is 1.53. The topological polar surface area (TPSA) is 38.1 Å². The Morgan fingerprint density at radius 2 is 2.00 bits per heavy atom. The Morgan fingerprint density at radius 1 is 1.29 bits per heavy atom. The fraction of sp³-hybridized carbons (Fsp3) is 0.100. The predicted octanol–water partition coefficient (Wildman–Crippen LogP) is 2.52. The molecule has 2 rings (SSSR count). The standard InChI is InChI=1S/C10H9FN2O/c1-12-10-13-9(6-14-10)7-2-4-8(11)5-3-7/h2-6H,1H3,(H,12,13). The van der Waals surface area contributed by atoms with E-state index in [1.54, 1.807) is 19.2 Å². The lowest BCUT2D eigenvalue weighted by atomic mass is 10.2. The Morgan fingerprint density at radius 3 is 2.57 bits per heavy atom. The molecule has 0 fully saturated rings. The van der Waals surface area contributed by atoms with Gasteiger partial charge in [0.2, 0.25) is 0 Å². The predicted molar refractivity (Wildman–Crippen MR) is 51.4 cm³/mol. The van der Waals surface area contributed by atoms with Crippen molar-refractivity contribution in [3.63, 3.8) is 0 Å². The van der Waals surface area contributed by atoms with Crippen molar-refractivity contribution in [1.29, 1.82) is 0 Å². The number of hydrogen-bond acceptors (Lipinski definition) is 3. The highest BCUT2D eigenvalue weighted by molar-refractivity contribution is 5.58. The van der Waals surface area contributed by atoms with Gasteiger partial charge in [-0.25, -0.2) is 4.39 Å². The first-order valence-corrected chi connectivity index (χ1v) is 4.19. The number of nitrogens with one attached hydrogen (secondary N) is 1. The molecule has 4 heteroatoms. The molecule has 0 atom stereocenters. The SMILES string of the molecule is CNc1nc(-c2ccc(F)cc2)co1. The number of nitrogens with zero attached hydrogens (tertiary/aromatic N) is 1. The lowest BCUT2D eigenvalue weighted by molar-refractivity contribution is 0.576. The van der Waals surface area contributed by atoms with Crippen molar-refractivity contribution in [3.8, 4) is 11.3 Å². The maximum Gasteiger partial charge on any atom is 0.294 e. The second-order valence-corrected chi connectivity index (χ2v) is 2.79. The van der Waals surface area contributed by atoms with Crippen molar-refractivity contribution in [2.45, 2.75) is 0 Å². The second-order valence-electron chi connectivity index (χ2n) is 2.79. The molecular formula is C10H9FN2O. The summed E-state index contributed by atoms with van der Waals surface area (Å²) in [5, 5.41) is 2.78. The highest BCUT2D eigenvalue weighted by atomic mass is 19.1. The van der Waals surface area contributed by atoms with E-state index in [2.05, 4.69) is 10.3 Å². The Labute approximate surface area is 80.6 Å². The molecule has 0 radical (unpaired) electrons. The summed E-state index contributed by atoms with van der Waals surface area (Å²) in [5.74, 6) is -0.258. The molecular weight excluding hydrogens is 183 g/mol. The van der Waals surface area contributed by atoms with Gasteiger partial charge in [-0.05, 0) is 24.3 Å². The third-order valence-corrected chi connectivity index (χ3v) is 1.86. The number of halogens is 1. The molecule has 2 aromatic rings. The van der Waals surface area contributed by atoms with Crippen LogP contribution < -0.4 is 5.32 Å². The average Bonchev–Trinajstić information content (AvgIpc) is 2.67. The van der Waals surface area contributed by atoms with E-state index in [-0.39, 0.29) is 5.82 Å². The molecule has 0 saturated heterocycles. The molecule has 0 aliphatic rings. The Kier molecular flexibility index (Phi) is 2.18. The van der Waals surface area contributed by atoms with Crippen LogP contribution in [0.3, 0.4) is 0 Å². The molecule has 0 saturated carbocycles. The number of benzene rings is 1. The molecule has 0 unspecified atom stereocenters. The summed E-state index contributed by atoms with van der Waals surface area (Å²) in [5.41, 5.74) is 1.52. The van der Waals surface area contributed by atoms with Gasteiger partial charge in [0.25, 0.3) is 6.01 Å². The van der Waals surface area contributed by atoms with Gasteiger partial charge in [-0.15, -0.1) is 0 Å². The molecule has 0 amide bonds. The minimum atomic E-state index is -0.258. The molecule has 1 heterocycles. The van der Waals surface area contributed by atoms with E-state index >= 15 is 0 Å². The molecule has 3 nitrogen and oxygen atoms in total. The molecule has 14 heavy (non-hydrogen) atoms. The van der Waals surface area contributed by atoms with Crippen molar-refractivity contribution in [1.82, 2.24) is 4.98 Å². The third kappa shape index (κ3) is 1.59. The monoisotopic (exact) mass is 192 g/mol. The van der Waals surface area contributed by atoms with Gasteiger partial charge >= 0.3 is 0 Å². The quantitative estimate of drug-likeness (QED) is 0.794. The zero-order valence-corrected chi connectivity index (χ0v) is 7.62. The first kappa shape index (κ1) is 8.74. The molecule has 1 aromatic carbocycles. The molecule has 0 spiro atoms. The lowest BCUT2D eigenvalue weighted by Crippen LogP contribution is -1.86. The van der Waals surface area contributed by atoms with Crippen LogP contribution in [0.5, 0.6) is 0 Å². The highest BCUT2D eigenvalue weighted by Gasteiger charge is 2.04. The van der Waals surface area contributed by atoms with Crippen LogP contribution in [0.15, 0.2) is 34.9 Å². The van der Waals surface area contributed by atoms with Crippen LogP contribution in [-0.2, 0) is 0 Å². The van der Waals surface area contributed by atoms with Crippen molar-refractivity contribution in [2.24, 2.45) is 0 Å². The van der Waals surface area contributed by atoms with Gasteiger partial charge in [0, 0.05) is 12.6 Å². The van der Waals surface area contributed by atoms with Crippen molar-refractivity contribution in [3.05, 3.63) is 36.3 Å². The van der Waals surface area contributed by atoms with Crippen molar-refractivity contribution in [2.75, 3.05) is 12.4 Å². The van der Waals surface area contributed by atoms with Gasteiger partial charge in [-0.3, -0.25) is 0 Å². The van der Waals surface area contributed by atoms with Crippen LogP contribution in [0, 0.1) is 5.82 Å². The molecule has 72 valence electrons. The summed E-state index contributed by atoms with van der Waals surface area (Å²) < 4.78 is 17.7. The fourth-order valence-electron chi connectivity index (χ4n) is 1.14. The number of hydrogen-bond donors (Lipinski definition) is 1. The van der Waals surface area contributed by atoms with Crippen LogP contribution in [-0.4, -0.2) is 12.0 Å². The highest BCUT2D eigenvalue weighted by Crippen LogP contribution is 2.20. The van der Waals surface area contributed by atoms with Gasteiger partial charge in [0.15, 0.2) is 0 Å². The van der Waals surface area contributed by atoms with Crippen LogP contribution in [0.25, 0.3) is 11.3 Å². The minimum absolute atomic E-state index is 0.258. The summed E-state index contributed by atoms with van der Waals surface area (Å²) in [4.78, 5) is 4.13. The molecule has 0 aliphatic heterocycles. The number of aromatic nitrogens is 1. The summed E-state index contributed by atoms with van der Waals surface area (Å²) in [6, 6.07) is 6.55. The summed E-state index contributed by atoms with van der Waals surface area (Å²) in [6.45, 7) is 0. The number of anilines is 1. The van der Waals surface area contributed by atoms with E-state index in [0.717, 1.165) is 5.56 Å². The van der Waals surface area contributed by atoms with E-state index < -0.39 is 0 Å². The molecule has 1 aromatic heterocycles. The average molecular weight is 192 g/mol. The van der Waals surface area contributed by atoms with E-state index in [1.165, 1.54) is 18.4 Å². The fourth-order valence-corrected chi connectivity index (χ4v) is 1.14. The Hall–Kier alpha value is -1.84. The van der Waals surface area contributed by atoms with Gasteiger partial charge in [0.05, 0.1) is 0 Å². The molecule has 0 aliphatic carbocycles. The number of rotatable bonds is 2. The van der Waals surface area contributed by atoms with Crippen LogP contribution in [0.1, 0.15) is 0 Å². The van der Waals surface area contributed by atoms with E-state index in [1.807, 2.05) is 0 Å². The number of oxazole rings is 1. The molecule has 1 N–H and O–H groups in total. The zero-order chi connectivity index (χ0) is 9.97. The maximum atomic E-state index is 12.6. The normalized spacial score (nSPS) is 10.1. The third-order valence-electron chi connectivity index (χ3n) is 1.86. The van der Waals surface area contributed by atoms with E-state index in [4.69, 9.17) is 4.42 Å². The zero-order valence-electron chi connectivity index (χ0n) is 7.62. The van der Waals surface area contributed by atoms with E-state index in [0.29, 0.717) is 11.7 Å². The Balaban J connectivity index is 2.34. The first-order chi connectivity index (χ1) is 6.79. The summed E-state index contributed by atoms with van der Waals surface area (Å²) >= 11 is 0. The lowest BCUT2D eigenvalue weighted by Gasteiger charge is -1.93. The largest absolute Gasteiger partial charge is 0.432 e. The Bertz CT molecular complexity index is 422. The van der Waals surface area contributed by atoms with Crippen molar-refractivity contribution < 1.29 is 8.81 Å². The second kappa shape index (κ2) is 3.49. The van der Waals surface area contributed by atoms with E-state index in [9.17, 15) is 4.39 Å². The van der Waals surface area contributed by atoms with Gasteiger partial charge in [0.1, 0.15) is 17.8 Å². The van der Waals surface area contributed by atoms with Crippen LogP contribution in [0.4, 0.5) is 10.4 Å². The maximum absolute atomic E-state index is 12.6. The van der Waals surface area contributed by atoms with Crippen LogP contribution in [0.2, 0.25) is 0 Å². The molecule has 0 bridgehead atoms. The van der Waals surface area contributed by atoms with Crippen molar-refractivity contribution >= 4 is 6.01 Å². The first-order valence-electron chi connectivity index (χ1n) is 4.19. The summed E-state index contributed by atoms with van der Waals surface area (Å²) in [7, 11) is 1.72.